The van der Waals surface area contributed by atoms with E-state index in [1.807, 2.05) is 0 Å². The standard InChI is InChI=1S/C14H14ClNO3/c1-18-9-5-6-10(12(8-9)19-2)14(17)13-11(15)4-3-7-16-13/h3-8,14,17H,1-2H3. The molecule has 0 fully saturated rings. The van der Waals surface area contributed by atoms with Crippen LogP contribution in [0.1, 0.15) is 17.4 Å². The van der Waals surface area contributed by atoms with Crippen LogP contribution in [-0.2, 0) is 0 Å². The van der Waals surface area contributed by atoms with E-state index in [1.165, 1.54) is 7.11 Å². The molecule has 0 bridgehead atoms. The molecule has 1 atom stereocenters. The summed E-state index contributed by atoms with van der Waals surface area (Å²) in [5, 5.41) is 10.8. The molecular weight excluding hydrogens is 266 g/mol. The summed E-state index contributed by atoms with van der Waals surface area (Å²) in [6, 6.07) is 8.58. The zero-order valence-electron chi connectivity index (χ0n) is 10.6. The molecule has 0 saturated heterocycles. The first-order chi connectivity index (χ1) is 9.17. The van der Waals surface area contributed by atoms with Gasteiger partial charge in [0.15, 0.2) is 0 Å². The van der Waals surface area contributed by atoms with Gasteiger partial charge in [-0.2, -0.15) is 0 Å². The number of rotatable bonds is 4. The van der Waals surface area contributed by atoms with Crippen LogP contribution in [0.25, 0.3) is 0 Å². The molecule has 0 aliphatic carbocycles. The number of hydrogen-bond acceptors (Lipinski definition) is 4. The van der Waals surface area contributed by atoms with E-state index >= 15 is 0 Å². The van der Waals surface area contributed by atoms with Gasteiger partial charge >= 0.3 is 0 Å². The fourth-order valence-corrected chi connectivity index (χ4v) is 2.02. The van der Waals surface area contributed by atoms with E-state index in [4.69, 9.17) is 21.1 Å². The van der Waals surface area contributed by atoms with Crippen LogP contribution in [0.2, 0.25) is 5.02 Å². The van der Waals surface area contributed by atoms with Crippen molar-refractivity contribution in [1.29, 1.82) is 0 Å². The topological polar surface area (TPSA) is 51.6 Å². The summed E-state index contributed by atoms with van der Waals surface area (Å²) in [4.78, 5) is 4.10. The van der Waals surface area contributed by atoms with E-state index in [1.54, 1.807) is 43.6 Å². The van der Waals surface area contributed by atoms with Crippen LogP contribution >= 0.6 is 11.6 Å². The Morgan fingerprint density at radius 2 is 2.00 bits per heavy atom. The summed E-state index contributed by atoms with van der Waals surface area (Å²) in [5.74, 6) is 1.17. The molecule has 0 radical (unpaired) electrons. The molecule has 1 heterocycles. The first kappa shape index (κ1) is 13.6. The second kappa shape index (κ2) is 5.91. The molecule has 0 aliphatic rings. The Balaban J connectivity index is 2.44. The Morgan fingerprint density at radius 3 is 2.63 bits per heavy atom. The number of ether oxygens (including phenoxy) is 2. The van der Waals surface area contributed by atoms with E-state index < -0.39 is 6.10 Å². The zero-order valence-corrected chi connectivity index (χ0v) is 11.4. The number of benzene rings is 1. The number of nitrogens with zero attached hydrogens (tertiary/aromatic N) is 1. The largest absolute Gasteiger partial charge is 0.497 e. The Morgan fingerprint density at radius 1 is 1.21 bits per heavy atom. The molecule has 19 heavy (non-hydrogen) atoms. The molecule has 0 spiro atoms. The lowest BCUT2D eigenvalue weighted by Crippen LogP contribution is -2.05. The minimum Gasteiger partial charge on any atom is -0.497 e. The summed E-state index contributed by atoms with van der Waals surface area (Å²) in [7, 11) is 3.10. The average molecular weight is 280 g/mol. The average Bonchev–Trinajstić information content (AvgIpc) is 2.46. The maximum atomic E-state index is 10.4. The second-order valence-corrected chi connectivity index (χ2v) is 4.29. The Bertz CT molecular complexity index is 574. The SMILES string of the molecule is COc1ccc(C(O)c2ncccc2Cl)c(OC)c1. The van der Waals surface area contributed by atoms with Crippen molar-refractivity contribution in [2.24, 2.45) is 0 Å². The van der Waals surface area contributed by atoms with Crippen molar-refractivity contribution in [2.45, 2.75) is 6.10 Å². The van der Waals surface area contributed by atoms with Gasteiger partial charge < -0.3 is 14.6 Å². The fraction of sp³-hybridized carbons (Fsp3) is 0.214. The van der Waals surface area contributed by atoms with Crippen LogP contribution in [0.4, 0.5) is 0 Å². The van der Waals surface area contributed by atoms with E-state index in [-0.39, 0.29) is 0 Å². The maximum Gasteiger partial charge on any atom is 0.128 e. The number of halogens is 1. The van der Waals surface area contributed by atoms with Gasteiger partial charge in [-0.05, 0) is 24.3 Å². The highest BCUT2D eigenvalue weighted by molar-refractivity contribution is 6.31. The van der Waals surface area contributed by atoms with Crippen molar-refractivity contribution >= 4 is 11.6 Å². The van der Waals surface area contributed by atoms with Crippen LogP contribution < -0.4 is 9.47 Å². The van der Waals surface area contributed by atoms with E-state index in [2.05, 4.69) is 4.98 Å². The molecule has 2 rings (SSSR count). The first-order valence-electron chi connectivity index (χ1n) is 5.67. The van der Waals surface area contributed by atoms with Crippen LogP contribution in [0.15, 0.2) is 36.5 Å². The van der Waals surface area contributed by atoms with Crippen molar-refractivity contribution in [3.8, 4) is 11.5 Å². The second-order valence-electron chi connectivity index (χ2n) is 3.88. The van der Waals surface area contributed by atoms with E-state index in [0.717, 1.165) is 0 Å². The highest BCUT2D eigenvalue weighted by atomic mass is 35.5. The molecular formula is C14H14ClNO3. The van der Waals surface area contributed by atoms with Gasteiger partial charge in [0.1, 0.15) is 17.6 Å². The molecule has 100 valence electrons. The summed E-state index contributed by atoms with van der Waals surface area (Å²) >= 11 is 6.04. The van der Waals surface area contributed by atoms with Crippen molar-refractivity contribution in [1.82, 2.24) is 4.98 Å². The van der Waals surface area contributed by atoms with Crippen molar-refractivity contribution < 1.29 is 14.6 Å². The molecule has 0 amide bonds. The maximum absolute atomic E-state index is 10.4. The number of pyridine rings is 1. The lowest BCUT2D eigenvalue weighted by molar-refractivity contribution is 0.210. The van der Waals surface area contributed by atoms with Crippen LogP contribution in [0.3, 0.4) is 0 Å². The van der Waals surface area contributed by atoms with E-state index in [0.29, 0.717) is 27.8 Å². The lowest BCUT2D eigenvalue weighted by Gasteiger charge is -2.16. The van der Waals surface area contributed by atoms with Gasteiger partial charge in [0.2, 0.25) is 0 Å². The predicted octanol–water partition coefficient (Wildman–Crippen LogP) is 2.83. The van der Waals surface area contributed by atoms with Crippen molar-refractivity contribution in [2.75, 3.05) is 14.2 Å². The van der Waals surface area contributed by atoms with Gasteiger partial charge in [0, 0.05) is 17.8 Å². The Kier molecular flexibility index (Phi) is 4.24. The number of hydrogen-bond donors (Lipinski definition) is 1. The Hall–Kier alpha value is -1.78. The Labute approximate surface area is 116 Å². The van der Waals surface area contributed by atoms with Gasteiger partial charge in [-0.15, -0.1) is 0 Å². The van der Waals surface area contributed by atoms with E-state index in [9.17, 15) is 5.11 Å². The van der Waals surface area contributed by atoms with Crippen molar-refractivity contribution in [3.63, 3.8) is 0 Å². The third kappa shape index (κ3) is 2.80. The normalized spacial score (nSPS) is 12.0. The summed E-state index contributed by atoms with van der Waals surface area (Å²) in [5.41, 5.74) is 0.983. The lowest BCUT2D eigenvalue weighted by atomic mass is 10.0. The molecule has 4 nitrogen and oxygen atoms in total. The molecule has 1 N–H and O–H groups in total. The predicted molar refractivity (Wildman–Crippen MR) is 72.9 cm³/mol. The molecule has 5 heteroatoms. The number of methoxy groups -OCH3 is 2. The smallest absolute Gasteiger partial charge is 0.128 e. The molecule has 2 aromatic rings. The van der Waals surface area contributed by atoms with Gasteiger partial charge in [0.05, 0.1) is 24.9 Å². The van der Waals surface area contributed by atoms with Gasteiger partial charge in [0.25, 0.3) is 0 Å². The summed E-state index contributed by atoms with van der Waals surface area (Å²) in [6.07, 6.45) is 0.634. The first-order valence-corrected chi connectivity index (χ1v) is 6.05. The quantitative estimate of drug-likeness (QED) is 0.935. The summed E-state index contributed by atoms with van der Waals surface area (Å²) < 4.78 is 10.4. The van der Waals surface area contributed by atoms with Crippen LogP contribution in [-0.4, -0.2) is 24.3 Å². The highest BCUT2D eigenvalue weighted by Gasteiger charge is 2.19. The monoisotopic (exact) mass is 279 g/mol. The summed E-state index contributed by atoms with van der Waals surface area (Å²) in [6.45, 7) is 0. The van der Waals surface area contributed by atoms with Gasteiger partial charge in [-0.1, -0.05) is 11.6 Å². The third-order valence-electron chi connectivity index (χ3n) is 2.78. The number of aliphatic hydroxyl groups is 1. The van der Waals surface area contributed by atoms with Gasteiger partial charge in [-0.25, -0.2) is 0 Å². The zero-order chi connectivity index (χ0) is 13.8. The number of aromatic nitrogens is 1. The molecule has 0 saturated carbocycles. The third-order valence-corrected chi connectivity index (χ3v) is 3.10. The molecule has 0 aliphatic heterocycles. The molecule has 1 aromatic carbocycles. The molecule has 1 aromatic heterocycles. The van der Waals surface area contributed by atoms with Crippen LogP contribution in [0.5, 0.6) is 11.5 Å². The number of aliphatic hydroxyl groups excluding tert-OH is 1. The van der Waals surface area contributed by atoms with Crippen molar-refractivity contribution in [3.05, 3.63) is 52.8 Å². The van der Waals surface area contributed by atoms with Gasteiger partial charge in [-0.3, -0.25) is 4.98 Å². The molecule has 1 unspecified atom stereocenters. The minimum absolute atomic E-state index is 0.396. The highest BCUT2D eigenvalue weighted by Crippen LogP contribution is 2.34. The fourth-order valence-electron chi connectivity index (χ4n) is 1.79. The minimum atomic E-state index is -0.949. The van der Waals surface area contributed by atoms with Crippen LogP contribution in [0, 0.1) is 0 Å².